The molecule has 0 aliphatic heterocycles. The SMILES string of the molecule is O=C(O)c1cccc(-c2nc3c([nH]2)c(=O)n(CC2CCCCC2)c(=O)n3CC2CCCCC2)c1. The molecule has 0 bridgehead atoms. The molecule has 180 valence electrons. The van der Waals surface area contributed by atoms with E-state index >= 15 is 0 Å². The second kappa shape index (κ2) is 9.60. The van der Waals surface area contributed by atoms with Crippen LogP contribution in [0.2, 0.25) is 0 Å². The van der Waals surface area contributed by atoms with Gasteiger partial charge in [0, 0.05) is 18.7 Å². The van der Waals surface area contributed by atoms with Crippen LogP contribution in [0.5, 0.6) is 0 Å². The monoisotopic (exact) mass is 464 g/mol. The summed E-state index contributed by atoms with van der Waals surface area (Å²) in [5.74, 6) is 0.115. The number of hydrogen-bond acceptors (Lipinski definition) is 4. The van der Waals surface area contributed by atoms with E-state index in [-0.39, 0.29) is 16.8 Å². The van der Waals surface area contributed by atoms with Crippen molar-refractivity contribution in [3.05, 3.63) is 50.7 Å². The molecule has 2 fully saturated rings. The van der Waals surface area contributed by atoms with Gasteiger partial charge in [0.25, 0.3) is 5.56 Å². The first kappa shape index (κ1) is 22.6. The fourth-order valence-corrected chi connectivity index (χ4v) is 5.68. The standard InChI is InChI=1S/C26H32N4O4/c31-24-21-23(28-22(27-21)19-12-7-13-20(14-19)25(32)33)29(15-17-8-3-1-4-9-17)26(34)30(24)16-18-10-5-2-6-11-18/h7,12-14,17-18H,1-6,8-11,15-16H2,(H,27,28)(H,32,33). The van der Waals surface area contributed by atoms with Crippen molar-refractivity contribution in [1.82, 2.24) is 19.1 Å². The number of nitrogens with zero attached hydrogens (tertiary/aromatic N) is 3. The maximum atomic E-state index is 13.6. The predicted molar refractivity (Wildman–Crippen MR) is 130 cm³/mol. The van der Waals surface area contributed by atoms with E-state index in [1.807, 2.05) is 0 Å². The minimum Gasteiger partial charge on any atom is -0.478 e. The summed E-state index contributed by atoms with van der Waals surface area (Å²) in [7, 11) is 0. The van der Waals surface area contributed by atoms with Gasteiger partial charge >= 0.3 is 11.7 Å². The molecular weight excluding hydrogens is 432 g/mol. The van der Waals surface area contributed by atoms with Crippen LogP contribution < -0.4 is 11.2 Å². The van der Waals surface area contributed by atoms with Gasteiger partial charge in [-0.2, -0.15) is 0 Å². The molecule has 0 unspecified atom stereocenters. The van der Waals surface area contributed by atoms with Crippen molar-refractivity contribution >= 4 is 17.1 Å². The first-order valence-electron chi connectivity index (χ1n) is 12.6. The zero-order chi connectivity index (χ0) is 23.7. The molecule has 5 rings (SSSR count). The number of aromatic amines is 1. The molecular formula is C26H32N4O4. The number of fused-ring (bicyclic) bond motifs is 1. The fourth-order valence-electron chi connectivity index (χ4n) is 5.68. The van der Waals surface area contributed by atoms with Crippen LogP contribution in [0.15, 0.2) is 33.9 Å². The normalized spacial score (nSPS) is 17.9. The van der Waals surface area contributed by atoms with Crippen molar-refractivity contribution in [1.29, 1.82) is 0 Å². The largest absolute Gasteiger partial charge is 0.478 e. The van der Waals surface area contributed by atoms with Crippen LogP contribution in [0.4, 0.5) is 0 Å². The smallest absolute Gasteiger partial charge is 0.335 e. The summed E-state index contributed by atoms with van der Waals surface area (Å²) >= 11 is 0. The average molecular weight is 465 g/mol. The third-order valence-electron chi connectivity index (χ3n) is 7.58. The van der Waals surface area contributed by atoms with E-state index in [1.54, 1.807) is 16.7 Å². The van der Waals surface area contributed by atoms with Gasteiger partial charge in [-0.25, -0.2) is 14.6 Å². The van der Waals surface area contributed by atoms with Crippen LogP contribution in [0.1, 0.15) is 74.6 Å². The third kappa shape index (κ3) is 4.45. The molecule has 0 atom stereocenters. The van der Waals surface area contributed by atoms with Crippen LogP contribution in [-0.4, -0.2) is 30.2 Å². The van der Waals surface area contributed by atoms with E-state index in [4.69, 9.17) is 0 Å². The Morgan fingerprint density at radius 1 is 0.941 bits per heavy atom. The average Bonchev–Trinajstić information content (AvgIpc) is 3.31. The Labute approximate surface area is 197 Å². The molecule has 8 heteroatoms. The molecule has 3 aromatic rings. The first-order valence-corrected chi connectivity index (χ1v) is 12.6. The van der Waals surface area contributed by atoms with Crippen LogP contribution in [0.3, 0.4) is 0 Å². The molecule has 0 spiro atoms. The highest BCUT2D eigenvalue weighted by atomic mass is 16.4. The molecule has 2 heterocycles. The zero-order valence-corrected chi connectivity index (χ0v) is 19.5. The van der Waals surface area contributed by atoms with Gasteiger partial charge in [-0.3, -0.25) is 13.9 Å². The molecule has 34 heavy (non-hydrogen) atoms. The van der Waals surface area contributed by atoms with E-state index in [1.165, 1.54) is 29.5 Å². The maximum Gasteiger partial charge on any atom is 0.335 e. The molecule has 8 nitrogen and oxygen atoms in total. The van der Waals surface area contributed by atoms with Gasteiger partial charge in [-0.15, -0.1) is 0 Å². The number of aromatic nitrogens is 4. The third-order valence-corrected chi connectivity index (χ3v) is 7.58. The van der Waals surface area contributed by atoms with Crippen molar-refractivity contribution < 1.29 is 9.90 Å². The Bertz CT molecular complexity index is 1310. The second-order valence-corrected chi connectivity index (χ2v) is 9.99. The zero-order valence-electron chi connectivity index (χ0n) is 19.5. The Morgan fingerprint density at radius 3 is 2.18 bits per heavy atom. The van der Waals surface area contributed by atoms with E-state index in [2.05, 4.69) is 9.97 Å². The number of imidazole rings is 1. The number of carboxylic acids is 1. The quantitative estimate of drug-likeness (QED) is 0.561. The summed E-state index contributed by atoms with van der Waals surface area (Å²) in [5, 5.41) is 9.37. The highest BCUT2D eigenvalue weighted by Crippen LogP contribution is 2.27. The molecule has 0 saturated heterocycles. The summed E-state index contributed by atoms with van der Waals surface area (Å²) in [5.41, 5.74) is 0.806. The summed E-state index contributed by atoms with van der Waals surface area (Å²) in [6.07, 6.45) is 11.3. The Hall–Kier alpha value is -3.16. The minimum absolute atomic E-state index is 0.146. The number of carboxylic acid groups (broad SMARTS) is 1. The summed E-state index contributed by atoms with van der Waals surface area (Å²) in [4.78, 5) is 46.3. The number of nitrogens with one attached hydrogen (secondary N) is 1. The first-order chi connectivity index (χ1) is 16.5. The van der Waals surface area contributed by atoms with E-state index in [9.17, 15) is 19.5 Å². The number of carbonyl (C=O) groups is 1. The van der Waals surface area contributed by atoms with Crippen molar-refractivity contribution in [2.45, 2.75) is 77.3 Å². The molecule has 2 saturated carbocycles. The summed E-state index contributed by atoms with van der Waals surface area (Å²) in [6, 6.07) is 6.46. The molecule has 2 aliphatic carbocycles. The summed E-state index contributed by atoms with van der Waals surface area (Å²) < 4.78 is 3.10. The maximum absolute atomic E-state index is 13.6. The van der Waals surface area contributed by atoms with Gasteiger partial charge in [0.05, 0.1) is 5.56 Å². The van der Waals surface area contributed by atoms with Crippen molar-refractivity contribution in [3.8, 4) is 11.4 Å². The number of benzene rings is 1. The van der Waals surface area contributed by atoms with E-state index in [0.29, 0.717) is 47.5 Å². The number of rotatable bonds is 6. The highest BCUT2D eigenvalue weighted by Gasteiger charge is 2.24. The van der Waals surface area contributed by atoms with Gasteiger partial charge in [0.2, 0.25) is 0 Å². The lowest BCUT2D eigenvalue weighted by atomic mass is 9.89. The Balaban J connectivity index is 1.62. The molecule has 1 aromatic carbocycles. The lowest BCUT2D eigenvalue weighted by Crippen LogP contribution is -2.42. The molecule has 0 amide bonds. The van der Waals surface area contributed by atoms with Crippen LogP contribution in [0.25, 0.3) is 22.6 Å². The Morgan fingerprint density at radius 2 is 1.56 bits per heavy atom. The topological polar surface area (TPSA) is 110 Å². The summed E-state index contributed by atoms with van der Waals surface area (Å²) in [6.45, 7) is 1.00. The van der Waals surface area contributed by atoms with Crippen molar-refractivity contribution in [2.24, 2.45) is 11.8 Å². The Kier molecular flexibility index (Phi) is 6.39. The second-order valence-electron chi connectivity index (χ2n) is 9.99. The fraction of sp³-hybridized carbons (Fsp3) is 0.538. The molecule has 2 N–H and O–H groups in total. The molecule has 2 aromatic heterocycles. The lowest BCUT2D eigenvalue weighted by molar-refractivity contribution is 0.0697. The lowest BCUT2D eigenvalue weighted by Gasteiger charge is -2.24. The number of aromatic carboxylic acids is 1. The van der Waals surface area contributed by atoms with Crippen LogP contribution in [-0.2, 0) is 13.1 Å². The predicted octanol–water partition coefficient (Wildman–Crippen LogP) is 4.41. The minimum atomic E-state index is -1.03. The number of hydrogen-bond donors (Lipinski definition) is 2. The van der Waals surface area contributed by atoms with Gasteiger partial charge in [-0.1, -0.05) is 50.7 Å². The van der Waals surface area contributed by atoms with Gasteiger partial charge in [0.1, 0.15) is 11.3 Å². The van der Waals surface area contributed by atoms with Crippen molar-refractivity contribution in [3.63, 3.8) is 0 Å². The van der Waals surface area contributed by atoms with Crippen LogP contribution in [0, 0.1) is 11.8 Å². The van der Waals surface area contributed by atoms with Gasteiger partial charge in [-0.05, 0) is 49.7 Å². The van der Waals surface area contributed by atoms with Gasteiger partial charge in [0.15, 0.2) is 5.65 Å². The molecule has 0 radical (unpaired) electrons. The molecule has 2 aliphatic rings. The number of H-pyrrole nitrogens is 1. The van der Waals surface area contributed by atoms with Gasteiger partial charge < -0.3 is 10.1 Å². The van der Waals surface area contributed by atoms with E-state index in [0.717, 1.165) is 51.4 Å². The van der Waals surface area contributed by atoms with Crippen LogP contribution >= 0.6 is 0 Å². The van der Waals surface area contributed by atoms with Crippen molar-refractivity contribution in [2.75, 3.05) is 0 Å². The highest BCUT2D eigenvalue weighted by molar-refractivity contribution is 5.89. The van der Waals surface area contributed by atoms with E-state index < -0.39 is 5.97 Å².